The summed E-state index contributed by atoms with van der Waals surface area (Å²) < 4.78 is 2.93. The van der Waals surface area contributed by atoms with Crippen molar-refractivity contribution in [3.8, 4) is 0 Å². The highest BCUT2D eigenvalue weighted by molar-refractivity contribution is 9.10. The lowest BCUT2D eigenvalue weighted by Crippen LogP contribution is -2.38. The van der Waals surface area contributed by atoms with Crippen molar-refractivity contribution >= 4 is 21.7 Å². The van der Waals surface area contributed by atoms with E-state index in [1.54, 1.807) is 6.20 Å². The summed E-state index contributed by atoms with van der Waals surface area (Å²) in [6.07, 6.45) is 6.98. The molecule has 5 heteroatoms. The molecule has 2 aliphatic rings. The van der Waals surface area contributed by atoms with Crippen LogP contribution in [-0.4, -0.2) is 33.8 Å². The summed E-state index contributed by atoms with van der Waals surface area (Å²) in [6.45, 7) is 2.45. The van der Waals surface area contributed by atoms with Gasteiger partial charge in [0.05, 0.1) is 16.7 Å². The monoisotopic (exact) mass is 284 g/mol. The number of fused-ring (bicyclic) bond motifs is 1. The third kappa shape index (κ3) is 1.57. The van der Waals surface area contributed by atoms with Gasteiger partial charge in [0.2, 0.25) is 0 Å². The number of rotatable bonds is 1. The molecule has 2 N–H and O–H groups in total. The first-order valence-corrected chi connectivity index (χ1v) is 6.79. The number of nitrogens with two attached hydrogens (primary N) is 1. The van der Waals surface area contributed by atoms with Gasteiger partial charge in [-0.1, -0.05) is 6.42 Å². The Morgan fingerprint density at radius 3 is 2.88 bits per heavy atom. The largest absolute Gasteiger partial charge is 0.383 e. The van der Waals surface area contributed by atoms with Gasteiger partial charge in [-0.3, -0.25) is 4.90 Å². The summed E-state index contributed by atoms with van der Waals surface area (Å²) in [6, 6.07) is 1.13. The van der Waals surface area contributed by atoms with Gasteiger partial charge in [-0.15, -0.1) is 0 Å². The van der Waals surface area contributed by atoms with Crippen molar-refractivity contribution in [1.29, 1.82) is 0 Å². The second-order valence-electron chi connectivity index (χ2n) is 4.78. The molecule has 2 atom stereocenters. The number of piperidine rings is 1. The van der Waals surface area contributed by atoms with Crippen molar-refractivity contribution < 1.29 is 0 Å². The number of aromatic nitrogens is 2. The minimum Gasteiger partial charge on any atom is -0.383 e. The van der Waals surface area contributed by atoms with Gasteiger partial charge in [0, 0.05) is 12.6 Å². The molecular formula is C11H17BrN4. The highest BCUT2D eigenvalue weighted by Gasteiger charge is 2.37. The van der Waals surface area contributed by atoms with E-state index in [2.05, 4.69) is 25.9 Å². The van der Waals surface area contributed by atoms with Gasteiger partial charge in [-0.25, -0.2) is 4.68 Å². The Hall–Kier alpha value is -0.550. The Kier molecular flexibility index (Phi) is 2.67. The van der Waals surface area contributed by atoms with Gasteiger partial charge in [-0.05, 0) is 41.7 Å². The minimum atomic E-state index is 0.478. The smallest absolute Gasteiger partial charge is 0.136 e. The van der Waals surface area contributed by atoms with Gasteiger partial charge in [0.15, 0.2) is 0 Å². The van der Waals surface area contributed by atoms with Gasteiger partial charge in [0.1, 0.15) is 5.82 Å². The molecule has 0 saturated carbocycles. The number of hydrogen-bond acceptors (Lipinski definition) is 3. The van der Waals surface area contributed by atoms with E-state index in [0.717, 1.165) is 10.3 Å². The molecule has 16 heavy (non-hydrogen) atoms. The fourth-order valence-corrected chi connectivity index (χ4v) is 3.39. The van der Waals surface area contributed by atoms with E-state index in [-0.39, 0.29) is 0 Å². The Morgan fingerprint density at radius 2 is 2.12 bits per heavy atom. The molecule has 1 aromatic rings. The third-order valence-electron chi connectivity index (χ3n) is 3.92. The molecule has 0 aromatic carbocycles. The fourth-order valence-electron chi connectivity index (χ4n) is 3.12. The number of hydrogen-bond donors (Lipinski definition) is 1. The van der Waals surface area contributed by atoms with Crippen LogP contribution in [0.2, 0.25) is 0 Å². The number of halogens is 1. The molecule has 1 aromatic heterocycles. The molecule has 0 bridgehead atoms. The maximum atomic E-state index is 6.04. The topological polar surface area (TPSA) is 47.1 Å². The number of nitrogen functional groups attached to an aromatic ring is 1. The molecule has 3 heterocycles. The highest BCUT2D eigenvalue weighted by atomic mass is 79.9. The van der Waals surface area contributed by atoms with E-state index < -0.39 is 0 Å². The summed E-state index contributed by atoms with van der Waals surface area (Å²) >= 11 is 3.43. The van der Waals surface area contributed by atoms with Gasteiger partial charge >= 0.3 is 0 Å². The zero-order chi connectivity index (χ0) is 11.1. The van der Waals surface area contributed by atoms with Crippen molar-refractivity contribution in [3.05, 3.63) is 10.7 Å². The summed E-state index contributed by atoms with van der Waals surface area (Å²) in [7, 11) is 0. The SMILES string of the molecule is Nc1c(Br)cnn1C1CCN2CCCCC12. The molecular weight excluding hydrogens is 268 g/mol. The van der Waals surface area contributed by atoms with Gasteiger partial charge in [0.25, 0.3) is 0 Å². The van der Waals surface area contributed by atoms with E-state index in [0.29, 0.717) is 12.1 Å². The zero-order valence-corrected chi connectivity index (χ0v) is 10.9. The van der Waals surface area contributed by atoms with Crippen LogP contribution < -0.4 is 5.73 Å². The lowest BCUT2D eigenvalue weighted by atomic mass is 9.99. The maximum Gasteiger partial charge on any atom is 0.136 e. The molecule has 4 nitrogen and oxygen atoms in total. The zero-order valence-electron chi connectivity index (χ0n) is 9.27. The average Bonchev–Trinajstić information content (AvgIpc) is 2.85. The lowest BCUT2D eigenvalue weighted by Gasteiger charge is -2.32. The first kappa shape index (κ1) is 10.6. The first-order chi connectivity index (χ1) is 7.77. The van der Waals surface area contributed by atoms with E-state index in [4.69, 9.17) is 5.73 Å². The molecule has 2 saturated heterocycles. The third-order valence-corrected chi connectivity index (χ3v) is 4.53. The molecule has 0 spiro atoms. The van der Waals surface area contributed by atoms with Crippen LogP contribution in [0.4, 0.5) is 5.82 Å². The second-order valence-corrected chi connectivity index (χ2v) is 5.63. The van der Waals surface area contributed by atoms with Gasteiger partial charge < -0.3 is 5.73 Å². The summed E-state index contributed by atoms with van der Waals surface area (Å²) in [5.74, 6) is 0.775. The average molecular weight is 285 g/mol. The first-order valence-electron chi connectivity index (χ1n) is 6.00. The molecule has 0 aliphatic carbocycles. The second kappa shape index (κ2) is 4.04. The van der Waals surface area contributed by atoms with Crippen molar-refractivity contribution in [3.63, 3.8) is 0 Å². The Balaban J connectivity index is 1.87. The molecule has 88 valence electrons. The summed E-state index contributed by atoms with van der Waals surface area (Å²) in [4.78, 5) is 2.60. The summed E-state index contributed by atoms with van der Waals surface area (Å²) in [5, 5.41) is 4.41. The van der Waals surface area contributed by atoms with E-state index in [1.165, 1.54) is 38.8 Å². The van der Waals surface area contributed by atoms with Gasteiger partial charge in [-0.2, -0.15) is 5.10 Å². The Morgan fingerprint density at radius 1 is 1.25 bits per heavy atom. The molecule has 2 fully saturated rings. The fraction of sp³-hybridized carbons (Fsp3) is 0.727. The Labute approximate surface area is 104 Å². The predicted octanol–water partition coefficient (Wildman–Crippen LogP) is 2.03. The highest BCUT2D eigenvalue weighted by Crippen LogP contribution is 2.37. The number of anilines is 1. The maximum absolute atomic E-state index is 6.04. The van der Waals surface area contributed by atoms with Crippen LogP contribution in [0, 0.1) is 0 Å². The molecule has 3 rings (SSSR count). The quantitative estimate of drug-likeness (QED) is 0.858. The van der Waals surface area contributed by atoms with Crippen LogP contribution in [0.5, 0.6) is 0 Å². The molecule has 0 amide bonds. The predicted molar refractivity (Wildman–Crippen MR) is 67.2 cm³/mol. The molecule has 2 aliphatic heterocycles. The van der Waals surface area contributed by atoms with Crippen molar-refractivity contribution in [2.75, 3.05) is 18.8 Å². The molecule has 2 unspecified atom stereocenters. The molecule has 0 radical (unpaired) electrons. The van der Waals surface area contributed by atoms with Crippen molar-refractivity contribution in [2.45, 2.75) is 37.8 Å². The minimum absolute atomic E-state index is 0.478. The van der Waals surface area contributed by atoms with Crippen LogP contribution in [-0.2, 0) is 0 Å². The normalized spacial score (nSPS) is 30.6. The van der Waals surface area contributed by atoms with Crippen LogP contribution >= 0.6 is 15.9 Å². The van der Waals surface area contributed by atoms with Crippen LogP contribution in [0.25, 0.3) is 0 Å². The van der Waals surface area contributed by atoms with E-state index in [1.807, 2.05) is 4.68 Å². The van der Waals surface area contributed by atoms with Crippen LogP contribution in [0.3, 0.4) is 0 Å². The summed E-state index contributed by atoms with van der Waals surface area (Å²) in [5.41, 5.74) is 6.04. The van der Waals surface area contributed by atoms with Crippen LogP contribution in [0.1, 0.15) is 31.7 Å². The lowest BCUT2D eigenvalue weighted by molar-refractivity contribution is 0.170. The standard InChI is InChI=1S/C11H17BrN4/c12-8-7-14-16(11(8)13)10-4-6-15-5-2-1-3-9(10)15/h7,9-10H,1-6,13H2. The van der Waals surface area contributed by atoms with Crippen molar-refractivity contribution in [1.82, 2.24) is 14.7 Å². The van der Waals surface area contributed by atoms with Crippen LogP contribution in [0.15, 0.2) is 10.7 Å². The number of nitrogens with zero attached hydrogens (tertiary/aromatic N) is 3. The van der Waals surface area contributed by atoms with Crippen molar-refractivity contribution in [2.24, 2.45) is 0 Å². The van der Waals surface area contributed by atoms with E-state index >= 15 is 0 Å². The van der Waals surface area contributed by atoms with E-state index in [9.17, 15) is 0 Å². The Bertz CT molecular complexity index is 389.